The minimum absolute atomic E-state index is 0.616. The Morgan fingerprint density at radius 3 is 3.00 bits per heavy atom. The lowest BCUT2D eigenvalue weighted by atomic mass is 10.1. The molecule has 1 atom stereocenters. The molecule has 0 spiro atoms. The zero-order valence-electron chi connectivity index (χ0n) is 15.2. The third-order valence-electron chi connectivity index (χ3n) is 4.78. The van der Waals surface area contributed by atoms with E-state index in [-0.39, 0.29) is 0 Å². The highest BCUT2D eigenvalue weighted by Gasteiger charge is 2.25. The summed E-state index contributed by atoms with van der Waals surface area (Å²) >= 11 is 2.09. The predicted molar refractivity (Wildman–Crippen MR) is 100 cm³/mol. The summed E-state index contributed by atoms with van der Waals surface area (Å²) in [5, 5.41) is 12.9. The van der Waals surface area contributed by atoms with Gasteiger partial charge in [-0.3, -0.25) is 0 Å². The summed E-state index contributed by atoms with van der Waals surface area (Å²) in [6.45, 7) is 11.5. The third-order valence-corrected chi connectivity index (χ3v) is 6.32. The standard InChI is InChI=1S/C17H30N6S/c1-4-18-17(22-9-10-24-14(12-22)13(2)3)19-11-16-21-20-15-7-5-6-8-23(15)16/h13-14H,4-12H2,1-3H3,(H,18,19). The van der Waals surface area contributed by atoms with Crippen LogP contribution < -0.4 is 5.32 Å². The van der Waals surface area contributed by atoms with Crippen LogP contribution in [0.1, 0.15) is 45.3 Å². The molecule has 1 N–H and O–H groups in total. The van der Waals surface area contributed by atoms with E-state index in [4.69, 9.17) is 4.99 Å². The van der Waals surface area contributed by atoms with Gasteiger partial charge in [0.1, 0.15) is 12.4 Å². The quantitative estimate of drug-likeness (QED) is 0.666. The fourth-order valence-electron chi connectivity index (χ4n) is 3.33. The van der Waals surface area contributed by atoms with Gasteiger partial charge in [-0.25, -0.2) is 4.99 Å². The van der Waals surface area contributed by atoms with Gasteiger partial charge in [-0.15, -0.1) is 10.2 Å². The van der Waals surface area contributed by atoms with Crippen LogP contribution in [0.15, 0.2) is 4.99 Å². The molecule has 0 aromatic carbocycles. The van der Waals surface area contributed by atoms with Gasteiger partial charge in [0.15, 0.2) is 11.8 Å². The molecule has 7 heteroatoms. The van der Waals surface area contributed by atoms with Crippen molar-refractivity contribution in [1.29, 1.82) is 0 Å². The van der Waals surface area contributed by atoms with E-state index in [2.05, 4.69) is 57.5 Å². The van der Waals surface area contributed by atoms with E-state index >= 15 is 0 Å². The molecular weight excluding hydrogens is 320 g/mol. The van der Waals surface area contributed by atoms with Crippen molar-refractivity contribution >= 4 is 17.7 Å². The van der Waals surface area contributed by atoms with Crippen LogP contribution in [0.4, 0.5) is 0 Å². The van der Waals surface area contributed by atoms with Crippen LogP contribution >= 0.6 is 11.8 Å². The van der Waals surface area contributed by atoms with E-state index < -0.39 is 0 Å². The number of rotatable bonds is 4. The number of fused-ring (bicyclic) bond motifs is 1. The van der Waals surface area contributed by atoms with Crippen LogP contribution in [-0.4, -0.2) is 56.3 Å². The van der Waals surface area contributed by atoms with Gasteiger partial charge < -0.3 is 14.8 Å². The average Bonchev–Trinajstić information content (AvgIpc) is 3.02. The normalized spacial score (nSPS) is 21.9. The summed E-state index contributed by atoms with van der Waals surface area (Å²) in [4.78, 5) is 7.30. The van der Waals surface area contributed by atoms with Crippen molar-refractivity contribution in [1.82, 2.24) is 25.0 Å². The molecule has 0 saturated carbocycles. The molecule has 0 aliphatic carbocycles. The minimum atomic E-state index is 0.616. The van der Waals surface area contributed by atoms with Gasteiger partial charge >= 0.3 is 0 Å². The maximum atomic E-state index is 4.88. The highest BCUT2D eigenvalue weighted by atomic mass is 32.2. The Labute approximate surface area is 149 Å². The summed E-state index contributed by atoms with van der Waals surface area (Å²) in [5.41, 5.74) is 0. The summed E-state index contributed by atoms with van der Waals surface area (Å²) in [6, 6.07) is 0. The molecule has 24 heavy (non-hydrogen) atoms. The molecule has 1 aromatic rings. The van der Waals surface area contributed by atoms with Crippen molar-refractivity contribution in [3.63, 3.8) is 0 Å². The van der Waals surface area contributed by atoms with Crippen LogP contribution in [0.2, 0.25) is 0 Å². The SMILES string of the molecule is CCNC(=NCc1nnc2n1CCCC2)N1CCSC(C(C)C)C1. The zero-order chi connectivity index (χ0) is 16.9. The smallest absolute Gasteiger partial charge is 0.194 e. The van der Waals surface area contributed by atoms with Gasteiger partial charge in [0, 0.05) is 43.6 Å². The number of hydrogen-bond acceptors (Lipinski definition) is 4. The lowest BCUT2D eigenvalue weighted by Gasteiger charge is -2.36. The van der Waals surface area contributed by atoms with Crippen LogP contribution in [0.3, 0.4) is 0 Å². The average molecular weight is 351 g/mol. The molecule has 3 heterocycles. The Morgan fingerprint density at radius 1 is 1.33 bits per heavy atom. The van der Waals surface area contributed by atoms with E-state index in [0.717, 1.165) is 50.2 Å². The molecule has 0 amide bonds. The molecule has 1 saturated heterocycles. The van der Waals surface area contributed by atoms with Gasteiger partial charge in [-0.2, -0.15) is 11.8 Å². The molecule has 0 radical (unpaired) electrons. The van der Waals surface area contributed by atoms with Crippen molar-refractivity contribution in [2.75, 3.05) is 25.4 Å². The molecule has 2 aliphatic rings. The number of aliphatic imine (C=N–C) groups is 1. The first-order valence-corrected chi connectivity index (χ1v) is 10.3. The number of guanidine groups is 1. The van der Waals surface area contributed by atoms with Crippen molar-refractivity contribution in [3.8, 4) is 0 Å². The highest BCUT2D eigenvalue weighted by molar-refractivity contribution is 8.00. The summed E-state index contributed by atoms with van der Waals surface area (Å²) in [6.07, 6.45) is 3.50. The largest absolute Gasteiger partial charge is 0.357 e. The van der Waals surface area contributed by atoms with Crippen LogP contribution in [0, 0.1) is 5.92 Å². The van der Waals surface area contributed by atoms with Crippen molar-refractivity contribution in [3.05, 3.63) is 11.6 Å². The Balaban J connectivity index is 1.70. The molecule has 6 nitrogen and oxygen atoms in total. The van der Waals surface area contributed by atoms with Crippen molar-refractivity contribution in [2.24, 2.45) is 10.9 Å². The number of nitrogens with zero attached hydrogens (tertiary/aromatic N) is 5. The van der Waals surface area contributed by atoms with Crippen LogP contribution in [-0.2, 0) is 19.5 Å². The number of aryl methyl sites for hydroxylation is 1. The Morgan fingerprint density at radius 2 is 2.21 bits per heavy atom. The monoisotopic (exact) mass is 350 g/mol. The fourth-order valence-corrected chi connectivity index (χ4v) is 4.63. The first-order valence-electron chi connectivity index (χ1n) is 9.24. The van der Waals surface area contributed by atoms with Crippen LogP contribution in [0.5, 0.6) is 0 Å². The molecular formula is C17H30N6S. The zero-order valence-corrected chi connectivity index (χ0v) is 16.0. The number of aromatic nitrogens is 3. The molecule has 2 aliphatic heterocycles. The summed E-state index contributed by atoms with van der Waals surface area (Å²) < 4.78 is 2.26. The van der Waals surface area contributed by atoms with Gasteiger partial charge in [0.25, 0.3) is 0 Å². The number of nitrogens with one attached hydrogen (secondary N) is 1. The van der Waals surface area contributed by atoms with E-state index in [1.54, 1.807) is 0 Å². The predicted octanol–water partition coefficient (Wildman–Crippen LogP) is 2.15. The van der Waals surface area contributed by atoms with Crippen molar-refractivity contribution in [2.45, 2.75) is 58.4 Å². The van der Waals surface area contributed by atoms with E-state index in [1.807, 2.05) is 0 Å². The molecule has 3 rings (SSSR count). The van der Waals surface area contributed by atoms with Gasteiger partial charge in [0.05, 0.1) is 0 Å². The second-order valence-corrected chi connectivity index (χ2v) is 8.26. The second kappa shape index (κ2) is 8.23. The molecule has 1 fully saturated rings. The van der Waals surface area contributed by atoms with E-state index in [1.165, 1.54) is 18.6 Å². The molecule has 1 aromatic heterocycles. The fraction of sp³-hybridized carbons (Fsp3) is 0.824. The highest BCUT2D eigenvalue weighted by Crippen LogP contribution is 2.25. The van der Waals surface area contributed by atoms with Gasteiger partial charge in [-0.1, -0.05) is 13.8 Å². The van der Waals surface area contributed by atoms with Gasteiger partial charge in [0.2, 0.25) is 0 Å². The maximum Gasteiger partial charge on any atom is 0.194 e. The molecule has 1 unspecified atom stereocenters. The molecule has 134 valence electrons. The summed E-state index contributed by atoms with van der Waals surface area (Å²) in [5.74, 6) is 5.03. The maximum absolute atomic E-state index is 4.88. The van der Waals surface area contributed by atoms with Crippen molar-refractivity contribution < 1.29 is 0 Å². The first kappa shape index (κ1) is 17.6. The second-order valence-electron chi connectivity index (χ2n) is 6.91. The Hall–Kier alpha value is -1.24. The van der Waals surface area contributed by atoms with E-state index in [0.29, 0.717) is 17.7 Å². The van der Waals surface area contributed by atoms with E-state index in [9.17, 15) is 0 Å². The lowest BCUT2D eigenvalue weighted by molar-refractivity contribution is 0.380. The molecule has 0 bridgehead atoms. The number of thioether (sulfide) groups is 1. The summed E-state index contributed by atoms with van der Waals surface area (Å²) in [7, 11) is 0. The first-order chi connectivity index (χ1) is 11.7. The third kappa shape index (κ3) is 4.05. The van der Waals surface area contributed by atoms with Crippen LogP contribution in [0.25, 0.3) is 0 Å². The lowest BCUT2D eigenvalue weighted by Crippen LogP contribution is -2.49. The minimum Gasteiger partial charge on any atom is -0.357 e. The topological polar surface area (TPSA) is 58.3 Å². The Kier molecular flexibility index (Phi) is 6.03. The number of hydrogen-bond donors (Lipinski definition) is 1. The Bertz CT molecular complexity index is 567. The van der Waals surface area contributed by atoms with Gasteiger partial charge in [-0.05, 0) is 25.7 Å².